The molecule has 5 nitrogen and oxygen atoms in total. The molecule has 0 spiro atoms. The number of nitrogens with one attached hydrogen (secondary N) is 1. The standard InChI is InChI=1S/C21H19Cl2N3O2/c1-14-10-16(15(2)26(14)19-5-3-4-18(23)11-19)12-24-25-21(27)13-28-20-8-6-17(22)7-9-20/h3-12H,13H2,1-2H3,(H,25,27)/b24-12-. The van der Waals surface area contributed by atoms with E-state index in [2.05, 4.69) is 15.1 Å². The van der Waals surface area contributed by atoms with Crippen molar-refractivity contribution in [1.29, 1.82) is 0 Å². The number of hydrogen-bond acceptors (Lipinski definition) is 3. The van der Waals surface area contributed by atoms with Gasteiger partial charge in [-0.1, -0.05) is 29.3 Å². The van der Waals surface area contributed by atoms with Gasteiger partial charge in [0.2, 0.25) is 0 Å². The van der Waals surface area contributed by atoms with Crippen molar-refractivity contribution in [3.63, 3.8) is 0 Å². The molecule has 28 heavy (non-hydrogen) atoms. The lowest BCUT2D eigenvalue weighted by Gasteiger charge is -2.09. The molecule has 0 aliphatic rings. The highest BCUT2D eigenvalue weighted by molar-refractivity contribution is 6.31. The fourth-order valence-corrected chi connectivity index (χ4v) is 3.13. The average Bonchev–Trinajstić information content (AvgIpc) is 2.95. The Morgan fingerprint density at radius 1 is 1.11 bits per heavy atom. The molecule has 0 radical (unpaired) electrons. The number of amides is 1. The molecular formula is C21H19Cl2N3O2. The van der Waals surface area contributed by atoms with Crippen molar-refractivity contribution in [3.8, 4) is 11.4 Å². The summed E-state index contributed by atoms with van der Waals surface area (Å²) in [6.07, 6.45) is 1.61. The van der Waals surface area contributed by atoms with Gasteiger partial charge in [-0.15, -0.1) is 0 Å². The third-order valence-corrected chi connectivity index (χ3v) is 4.60. The zero-order valence-electron chi connectivity index (χ0n) is 15.4. The predicted octanol–water partition coefficient (Wildman–Crippen LogP) is 4.93. The second-order valence-corrected chi connectivity index (χ2v) is 7.05. The summed E-state index contributed by atoms with van der Waals surface area (Å²) in [6.45, 7) is 3.85. The lowest BCUT2D eigenvalue weighted by Crippen LogP contribution is -2.24. The molecule has 1 heterocycles. The van der Waals surface area contributed by atoms with Gasteiger partial charge in [-0.3, -0.25) is 4.79 Å². The normalized spacial score (nSPS) is 11.0. The van der Waals surface area contributed by atoms with Crippen molar-refractivity contribution in [2.24, 2.45) is 5.10 Å². The Morgan fingerprint density at radius 3 is 2.57 bits per heavy atom. The lowest BCUT2D eigenvalue weighted by atomic mass is 10.2. The number of carbonyl (C=O) groups excluding carboxylic acids is 1. The van der Waals surface area contributed by atoms with Gasteiger partial charge in [-0.25, -0.2) is 5.43 Å². The molecule has 3 aromatic rings. The number of halogens is 2. The van der Waals surface area contributed by atoms with Gasteiger partial charge in [0.1, 0.15) is 5.75 Å². The van der Waals surface area contributed by atoms with Gasteiger partial charge in [-0.2, -0.15) is 5.10 Å². The van der Waals surface area contributed by atoms with Crippen LogP contribution in [0.1, 0.15) is 17.0 Å². The number of hydrogen-bond donors (Lipinski definition) is 1. The fraction of sp³-hybridized carbons (Fsp3) is 0.143. The van der Waals surface area contributed by atoms with Crippen molar-refractivity contribution < 1.29 is 9.53 Å². The average molecular weight is 416 g/mol. The molecule has 0 saturated carbocycles. The van der Waals surface area contributed by atoms with Crippen LogP contribution in [0.5, 0.6) is 5.75 Å². The fourth-order valence-electron chi connectivity index (χ4n) is 2.82. The topological polar surface area (TPSA) is 55.6 Å². The molecule has 1 N–H and O–H groups in total. The monoisotopic (exact) mass is 415 g/mol. The summed E-state index contributed by atoms with van der Waals surface area (Å²) in [5, 5.41) is 5.31. The van der Waals surface area contributed by atoms with Crippen molar-refractivity contribution >= 4 is 35.3 Å². The smallest absolute Gasteiger partial charge is 0.277 e. The Labute approximate surface area is 173 Å². The summed E-state index contributed by atoms with van der Waals surface area (Å²) in [7, 11) is 0. The second kappa shape index (κ2) is 8.95. The lowest BCUT2D eigenvalue weighted by molar-refractivity contribution is -0.123. The van der Waals surface area contributed by atoms with Gasteiger partial charge in [0.25, 0.3) is 5.91 Å². The first-order valence-corrected chi connectivity index (χ1v) is 9.35. The van der Waals surface area contributed by atoms with Crippen LogP contribution in [0, 0.1) is 13.8 Å². The Balaban J connectivity index is 1.62. The maximum atomic E-state index is 11.9. The highest BCUT2D eigenvalue weighted by Crippen LogP contribution is 2.22. The molecule has 144 valence electrons. The van der Waals surface area contributed by atoms with Crippen LogP contribution >= 0.6 is 23.2 Å². The van der Waals surface area contributed by atoms with Crippen molar-refractivity contribution in [1.82, 2.24) is 9.99 Å². The maximum absolute atomic E-state index is 11.9. The maximum Gasteiger partial charge on any atom is 0.277 e. The van der Waals surface area contributed by atoms with Crippen LogP contribution in [-0.2, 0) is 4.79 Å². The van der Waals surface area contributed by atoms with Crippen LogP contribution in [0.15, 0.2) is 59.7 Å². The Kier molecular flexibility index (Phi) is 6.39. The van der Waals surface area contributed by atoms with Crippen molar-refractivity contribution in [2.45, 2.75) is 13.8 Å². The van der Waals surface area contributed by atoms with E-state index in [1.807, 2.05) is 44.2 Å². The molecule has 2 aromatic carbocycles. The number of nitrogens with zero attached hydrogens (tertiary/aromatic N) is 2. The first-order valence-electron chi connectivity index (χ1n) is 8.59. The van der Waals surface area contributed by atoms with E-state index in [0.29, 0.717) is 15.8 Å². The number of ether oxygens (including phenoxy) is 1. The highest BCUT2D eigenvalue weighted by atomic mass is 35.5. The van der Waals surface area contributed by atoms with E-state index >= 15 is 0 Å². The van der Waals surface area contributed by atoms with Crippen molar-refractivity contribution in [3.05, 3.63) is 81.6 Å². The number of hydrazone groups is 1. The number of aromatic nitrogens is 1. The first-order chi connectivity index (χ1) is 13.4. The quantitative estimate of drug-likeness (QED) is 0.458. The molecule has 0 aliphatic carbocycles. The summed E-state index contributed by atoms with van der Waals surface area (Å²) in [6, 6.07) is 16.4. The van der Waals surface area contributed by atoms with Crippen LogP contribution in [-0.4, -0.2) is 23.3 Å². The third-order valence-electron chi connectivity index (χ3n) is 4.11. The number of benzene rings is 2. The molecule has 1 aromatic heterocycles. The van der Waals surface area contributed by atoms with E-state index in [-0.39, 0.29) is 12.5 Å². The minimum Gasteiger partial charge on any atom is -0.484 e. The minimum atomic E-state index is -0.352. The molecule has 1 amide bonds. The van der Waals surface area contributed by atoms with Crippen LogP contribution in [0.2, 0.25) is 10.0 Å². The van der Waals surface area contributed by atoms with Crippen LogP contribution in [0.3, 0.4) is 0 Å². The Bertz CT molecular complexity index is 1010. The Morgan fingerprint density at radius 2 is 1.86 bits per heavy atom. The summed E-state index contributed by atoms with van der Waals surface area (Å²) in [5.74, 6) is 0.212. The SMILES string of the molecule is Cc1cc(/C=N\NC(=O)COc2ccc(Cl)cc2)c(C)n1-c1cccc(Cl)c1. The first kappa shape index (κ1) is 20.0. The molecular weight excluding hydrogens is 397 g/mol. The summed E-state index contributed by atoms with van der Waals surface area (Å²) in [5.41, 5.74) is 6.38. The highest BCUT2D eigenvalue weighted by Gasteiger charge is 2.10. The van der Waals surface area contributed by atoms with Crippen LogP contribution in [0.25, 0.3) is 5.69 Å². The van der Waals surface area contributed by atoms with E-state index in [4.69, 9.17) is 27.9 Å². The van der Waals surface area contributed by atoms with E-state index in [9.17, 15) is 4.79 Å². The van der Waals surface area contributed by atoms with Crippen LogP contribution in [0.4, 0.5) is 0 Å². The second-order valence-electron chi connectivity index (χ2n) is 6.18. The third kappa shape index (κ3) is 4.94. The van der Waals surface area contributed by atoms with Gasteiger partial charge >= 0.3 is 0 Å². The van der Waals surface area contributed by atoms with Gasteiger partial charge < -0.3 is 9.30 Å². The summed E-state index contributed by atoms with van der Waals surface area (Å²) >= 11 is 11.9. The molecule has 0 unspecified atom stereocenters. The summed E-state index contributed by atoms with van der Waals surface area (Å²) < 4.78 is 7.46. The predicted molar refractivity (Wildman–Crippen MR) is 113 cm³/mol. The van der Waals surface area contributed by atoms with Crippen LogP contribution < -0.4 is 10.2 Å². The largest absolute Gasteiger partial charge is 0.484 e. The number of carbonyl (C=O) groups is 1. The van der Waals surface area contributed by atoms with Gasteiger partial charge in [-0.05, 0) is 62.4 Å². The van der Waals surface area contributed by atoms with Gasteiger partial charge in [0, 0.05) is 32.7 Å². The zero-order chi connectivity index (χ0) is 20.1. The molecule has 0 fully saturated rings. The summed E-state index contributed by atoms with van der Waals surface area (Å²) in [4.78, 5) is 11.9. The van der Waals surface area contributed by atoms with E-state index in [1.54, 1.807) is 30.5 Å². The van der Waals surface area contributed by atoms with Gasteiger partial charge in [0.15, 0.2) is 6.61 Å². The van der Waals surface area contributed by atoms with E-state index in [0.717, 1.165) is 22.6 Å². The molecule has 0 atom stereocenters. The minimum absolute atomic E-state index is 0.138. The molecule has 3 rings (SSSR count). The number of rotatable bonds is 6. The molecule has 0 saturated heterocycles. The van der Waals surface area contributed by atoms with E-state index < -0.39 is 0 Å². The van der Waals surface area contributed by atoms with Gasteiger partial charge in [0.05, 0.1) is 6.21 Å². The zero-order valence-corrected chi connectivity index (χ0v) is 17.0. The van der Waals surface area contributed by atoms with E-state index in [1.165, 1.54) is 0 Å². The number of aryl methyl sites for hydroxylation is 1. The molecule has 7 heteroatoms. The molecule has 0 bridgehead atoms. The van der Waals surface area contributed by atoms with Crippen molar-refractivity contribution in [2.75, 3.05) is 6.61 Å². The molecule has 0 aliphatic heterocycles. The Hall–Kier alpha value is -2.76.